The zero-order chi connectivity index (χ0) is 15.7. The number of hydrogen-bond acceptors (Lipinski definition) is 3. The second kappa shape index (κ2) is 5.84. The number of amides is 1. The Labute approximate surface area is 135 Å². The van der Waals surface area contributed by atoms with Crippen LogP contribution >= 0.6 is 11.3 Å². The van der Waals surface area contributed by atoms with Gasteiger partial charge in [-0.15, -0.1) is 11.3 Å². The van der Waals surface area contributed by atoms with Gasteiger partial charge in [-0.3, -0.25) is 10.1 Å². The minimum absolute atomic E-state index is 0.0773. The average molecular weight is 314 g/mol. The molecule has 0 saturated carbocycles. The quantitative estimate of drug-likeness (QED) is 0.882. The first-order chi connectivity index (χ1) is 10.4. The number of aromatic nitrogens is 1. The number of benzene rings is 1. The Bertz CT molecular complexity index is 657. The third kappa shape index (κ3) is 3.22. The standard InChI is InChI=1S/C18H22N2OS/c1-18(2,3)13-10-8-12(9-11-13)16(21)20-17-19-14-6-4-5-7-15(14)22-17/h8-11H,4-7H2,1-3H3,(H,19,20,21). The number of nitrogens with zero attached hydrogens (tertiary/aromatic N) is 1. The third-order valence-electron chi connectivity index (χ3n) is 4.08. The van der Waals surface area contributed by atoms with Gasteiger partial charge in [0.2, 0.25) is 0 Å². The first-order valence-electron chi connectivity index (χ1n) is 7.84. The van der Waals surface area contributed by atoms with E-state index in [-0.39, 0.29) is 11.3 Å². The molecular formula is C18H22N2OS. The van der Waals surface area contributed by atoms with Crippen molar-refractivity contribution in [1.82, 2.24) is 4.98 Å². The van der Waals surface area contributed by atoms with Crippen LogP contribution in [0.5, 0.6) is 0 Å². The number of fused-ring (bicyclic) bond motifs is 1. The molecule has 1 aromatic heterocycles. The lowest BCUT2D eigenvalue weighted by atomic mass is 9.87. The van der Waals surface area contributed by atoms with Gasteiger partial charge in [0, 0.05) is 10.4 Å². The molecule has 0 saturated heterocycles. The summed E-state index contributed by atoms with van der Waals surface area (Å²) in [5.41, 5.74) is 3.19. The van der Waals surface area contributed by atoms with Crippen molar-refractivity contribution in [1.29, 1.82) is 0 Å². The Balaban J connectivity index is 1.73. The van der Waals surface area contributed by atoms with E-state index >= 15 is 0 Å². The van der Waals surface area contributed by atoms with E-state index < -0.39 is 0 Å². The van der Waals surface area contributed by atoms with Crippen LogP contribution in [0.4, 0.5) is 5.13 Å². The maximum Gasteiger partial charge on any atom is 0.257 e. The zero-order valence-corrected chi connectivity index (χ0v) is 14.2. The predicted molar refractivity (Wildman–Crippen MR) is 91.9 cm³/mol. The molecule has 4 heteroatoms. The molecule has 1 aliphatic carbocycles. The van der Waals surface area contributed by atoms with Crippen molar-refractivity contribution in [2.45, 2.75) is 51.9 Å². The van der Waals surface area contributed by atoms with Gasteiger partial charge in [-0.25, -0.2) is 4.98 Å². The lowest BCUT2D eigenvalue weighted by molar-refractivity contribution is 0.102. The lowest BCUT2D eigenvalue weighted by Gasteiger charge is -2.18. The van der Waals surface area contributed by atoms with Gasteiger partial charge in [0.25, 0.3) is 5.91 Å². The Hall–Kier alpha value is -1.68. The highest BCUT2D eigenvalue weighted by molar-refractivity contribution is 7.15. The number of thiazole rings is 1. The van der Waals surface area contributed by atoms with Crippen LogP contribution in [0.3, 0.4) is 0 Å². The predicted octanol–water partition coefficient (Wildman–Crippen LogP) is 4.57. The Morgan fingerprint density at radius 3 is 2.45 bits per heavy atom. The van der Waals surface area contributed by atoms with E-state index in [2.05, 4.69) is 31.1 Å². The topological polar surface area (TPSA) is 42.0 Å². The highest BCUT2D eigenvalue weighted by atomic mass is 32.1. The van der Waals surface area contributed by atoms with Gasteiger partial charge in [-0.05, 0) is 48.8 Å². The smallest absolute Gasteiger partial charge is 0.257 e. The fourth-order valence-corrected chi connectivity index (χ4v) is 3.74. The van der Waals surface area contributed by atoms with Gasteiger partial charge < -0.3 is 0 Å². The van der Waals surface area contributed by atoms with Gasteiger partial charge in [0.15, 0.2) is 5.13 Å². The summed E-state index contributed by atoms with van der Waals surface area (Å²) in [6.45, 7) is 6.51. The molecule has 1 amide bonds. The Morgan fingerprint density at radius 2 is 1.82 bits per heavy atom. The van der Waals surface area contributed by atoms with Crippen LogP contribution in [0.15, 0.2) is 24.3 Å². The van der Waals surface area contributed by atoms with Crippen molar-refractivity contribution in [2.75, 3.05) is 5.32 Å². The molecule has 1 heterocycles. The van der Waals surface area contributed by atoms with E-state index in [1.807, 2.05) is 24.3 Å². The molecule has 3 rings (SSSR count). The first-order valence-corrected chi connectivity index (χ1v) is 8.65. The molecule has 22 heavy (non-hydrogen) atoms. The SMILES string of the molecule is CC(C)(C)c1ccc(C(=O)Nc2nc3c(s2)CCCC3)cc1. The molecule has 0 atom stereocenters. The summed E-state index contributed by atoms with van der Waals surface area (Å²) in [7, 11) is 0. The Kier molecular flexibility index (Phi) is 4.04. The first kappa shape index (κ1) is 15.2. The van der Waals surface area contributed by atoms with Crippen molar-refractivity contribution < 1.29 is 4.79 Å². The van der Waals surface area contributed by atoms with Crippen molar-refractivity contribution in [3.8, 4) is 0 Å². The summed E-state index contributed by atoms with van der Waals surface area (Å²) in [6, 6.07) is 7.84. The van der Waals surface area contributed by atoms with Crippen molar-refractivity contribution in [3.05, 3.63) is 46.0 Å². The van der Waals surface area contributed by atoms with Crippen LogP contribution in [-0.4, -0.2) is 10.9 Å². The summed E-state index contributed by atoms with van der Waals surface area (Å²) in [6.07, 6.45) is 4.58. The molecule has 0 spiro atoms. The van der Waals surface area contributed by atoms with Crippen LogP contribution in [0, 0.1) is 0 Å². The molecule has 3 nitrogen and oxygen atoms in total. The van der Waals surface area contributed by atoms with E-state index in [9.17, 15) is 4.79 Å². The molecule has 2 aromatic rings. The molecule has 116 valence electrons. The number of carbonyl (C=O) groups is 1. The van der Waals surface area contributed by atoms with E-state index in [0.29, 0.717) is 5.56 Å². The summed E-state index contributed by atoms with van der Waals surface area (Å²) >= 11 is 1.62. The number of anilines is 1. The molecule has 0 unspecified atom stereocenters. The molecule has 0 bridgehead atoms. The van der Waals surface area contributed by atoms with Crippen LogP contribution in [-0.2, 0) is 18.3 Å². The van der Waals surface area contributed by atoms with Crippen molar-refractivity contribution >= 4 is 22.4 Å². The maximum atomic E-state index is 12.3. The molecule has 0 fully saturated rings. The largest absolute Gasteiger partial charge is 0.298 e. The fourth-order valence-electron chi connectivity index (χ4n) is 2.70. The number of nitrogens with one attached hydrogen (secondary N) is 1. The molecule has 0 radical (unpaired) electrons. The number of carbonyl (C=O) groups excluding carboxylic acids is 1. The van der Waals surface area contributed by atoms with Crippen LogP contribution in [0.25, 0.3) is 0 Å². The van der Waals surface area contributed by atoms with E-state index in [1.165, 1.54) is 29.0 Å². The fraction of sp³-hybridized carbons (Fsp3) is 0.444. The van der Waals surface area contributed by atoms with Crippen LogP contribution in [0.1, 0.15) is 60.1 Å². The van der Waals surface area contributed by atoms with Crippen molar-refractivity contribution in [2.24, 2.45) is 0 Å². The van der Waals surface area contributed by atoms with Gasteiger partial charge in [-0.1, -0.05) is 32.9 Å². The average Bonchev–Trinajstić information content (AvgIpc) is 2.88. The van der Waals surface area contributed by atoms with Gasteiger partial charge in [0.1, 0.15) is 0 Å². The summed E-state index contributed by atoms with van der Waals surface area (Å²) in [5.74, 6) is -0.0773. The second-order valence-corrected chi connectivity index (χ2v) is 7.96. The van der Waals surface area contributed by atoms with E-state index in [0.717, 1.165) is 18.0 Å². The zero-order valence-electron chi connectivity index (χ0n) is 13.4. The van der Waals surface area contributed by atoms with Crippen molar-refractivity contribution in [3.63, 3.8) is 0 Å². The van der Waals surface area contributed by atoms with Crippen LogP contribution in [0.2, 0.25) is 0 Å². The van der Waals surface area contributed by atoms with Gasteiger partial charge in [0.05, 0.1) is 5.69 Å². The maximum absolute atomic E-state index is 12.3. The molecule has 1 aliphatic rings. The Morgan fingerprint density at radius 1 is 1.14 bits per heavy atom. The number of aryl methyl sites for hydroxylation is 2. The lowest BCUT2D eigenvalue weighted by Crippen LogP contribution is -2.14. The number of rotatable bonds is 2. The highest BCUT2D eigenvalue weighted by Crippen LogP contribution is 2.30. The molecule has 1 N–H and O–H groups in total. The summed E-state index contributed by atoms with van der Waals surface area (Å²) in [5, 5.41) is 3.68. The van der Waals surface area contributed by atoms with E-state index in [4.69, 9.17) is 0 Å². The highest BCUT2D eigenvalue weighted by Gasteiger charge is 2.18. The normalized spacial score (nSPS) is 14.5. The van der Waals surface area contributed by atoms with Gasteiger partial charge in [-0.2, -0.15) is 0 Å². The summed E-state index contributed by atoms with van der Waals surface area (Å²) in [4.78, 5) is 18.2. The molecule has 0 aliphatic heterocycles. The number of hydrogen-bond donors (Lipinski definition) is 1. The molecular weight excluding hydrogens is 292 g/mol. The second-order valence-electron chi connectivity index (χ2n) is 6.88. The minimum atomic E-state index is -0.0773. The van der Waals surface area contributed by atoms with E-state index in [1.54, 1.807) is 11.3 Å². The monoisotopic (exact) mass is 314 g/mol. The van der Waals surface area contributed by atoms with Gasteiger partial charge >= 0.3 is 0 Å². The molecule has 1 aromatic carbocycles. The minimum Gasteiger partial charge on any atom is -0.298 e. The third-order valence-corrected chi connectivity index (χ3v) is 5.15. The summed E-state index contributed by atoms with van der Waals surface area (Å²) < 4.78 is 0. The van der Waals surface area contributed by atoms with Crippen LogP contribution < -0.4 is 5.32 Å².